The molecule has 0 aromatic heterocycles. The highest BCUT2D eigenvalue weighted by Crippen LogP contribution is 2.22. The lowest BCUT2D eigenvalue weighted by Crippen LogP contribution is -2.50. The van der Waals surface area contributed by atoms with Crippen molar-refractivity contribution < 1.29 is 14.6 Å². The normalized spacial score (nSPS) is 29.2. The van der Waals surface area contributed by atoms with Crippen LogP contribution in [0.2, 0.25) is 0 Å². The molecule has 2 atom stereocenters. The van der Waals surface area contributed by atoms with Gasteiger partial charge in [0.25, 0.3) is 0 Å². The van der Waals surface area contributed by atoms with Crippen molar-refractivity contribution in [1.29, 1.82) is 0 Å². The maximum absolute atomic E-state index is 9.39. The Bertz CT molecular complexity index is 214. The Balaban J connectivity index is 1.64. The summed E-state index contributed by atoms with van der Waals surface area (Å²) in [6.07, 6.45) is 3.56. The summed E-state index contributed by atoms with van der Waals surface area (Å²) in [6, 6.07) is 0.593. The van der Waals surface area contributed by atoms with Crippen LogP contribution in [0, 0.1) is 5.92 Å². The third-order valence-electron chi connectivity index (χ3n) is 3.28. The third kappa shape index (κ3) is 3.70. The van der Waals surface area contributed by atoms with Gasteiger partial charge in [0.05, 0.1) is 32.0 Å². The van der Waals surface area contributed by atoms with Gasteiger partial charge in [-0.15, -0.1) is 0 Å². The van der Waals surface area contributed by atoms with Gasteiger partial charge in [0.2, 0.25) is 0 Å². The van der Waals surface area contributed by atoms with E-state index < -0.39 is 0 Å². The Labute approximate surface area is 97.3 Å². The highest BCUT2D eigenvalue weighted by Gasteiger charge is 2.32. The predicted octanol–water partition coefficient (Wildman–Crippen LogP) is 0.542. The first kappa shape index (κ1) is 12.3. The second-order valence-corrected chi connectivity index (χ2v) is 5.38. The zero-order valence-corrected chi connectivity index (χ0v) is 10.1. The van der Waals surface area contributed by atoms with Gasteiger partial charge >= 0.3 is 0 Å². The van der Waals surface area contributed by atoms with Gasteiger partial charge in [-0.2, -0.15) is 0 Å². The molecular weight excluding hydrogens is 206 g/mol. The van der Waals surface area contributed by atoms with Gasteiger partial charge < -0.3 is 19.9 Å². The van der Waals surface area contributed by atoms with Crippen molar-refractivity contribution in [3.8, 4) is 0 Å². The number of hydrogen-bond donors (Lipinski definition) is 2. The van der Waals surface area contributed by atoms with Crippen molar-refractivity contribution in [3.05, 3.63) is 0 Å². The minimum absolute atomic E-state index is 0.130. The Kier molecular flexibility index (Phi) is 4.19. The molecule has 2 rings (SSSR count). The lowest BCUT2D eigenvalue weighted by atomic mass is 10.1. The van der Waals surface area contributed by atoms with E-state index in [1.165, 1.54) is 12.8 Å². The molecule has 94 valence electrons. The van der Waals surface area contributed by atoms with Gasteiger partial charge in [-0.25, -0.2) is 0 Å². The van der Waals surface area contributed by atoms with Crippen LogP contribution in [-0.2, 0) is 9.47 Å². The monoisotopic (exact) mass is 229 g/mol. The van der Waals surface area contributed by atoms with Crippen molar-refractivity contribution in [2.45, 2.75) is 37.8 Å². The Morgan fingerprint density at radius 3 is 2.81 bits per heavy atom. The molecule has 0 bridgehead atoms. The molecule has 0 spiro atoms. The van der Waals surface area contributed by atoms with E-state index >= 15 is 0 Å². The maximum atomic E-state index is 9.39. The SMILES string of the molecule is CC(CO)(COCC1CCOC1)NC1CC1. The smallest absolute Gasteiger partial charge is 0.0668 e. The van der Waals surface area contributed by atoms with Crippen LogP contribution in [0.4, 0.5) is 0 Å². The first-order chi connectivity index (χ1) is 7.72. The van der Waals surface area contributed by atoms with Crippen molar-refractivity contribution in [2.75, 3.05) is 33.0 Å². The van der Waals surface area contributed by atoms with E-state index in [1.54, 1.807) is 0 Å². The highest BCUT2D eigenvalue weighted by atomic mass is 16.5. The second-order valence-electron chi connectivity index (χ2n) is 5.38. The molecule has 0 aromatic rings. The molecule has 1 saturated carbocycles. The standard InChI is InChI=1S/C12H23NO3/c1-12(8-14,13-11-2-3-11)9-16-7-10-4-5-15-6-10/h10-11,13-14H,2-9H2,1H3. The fourth-order valence-electron chi connectivity index (χ4n) is 2.02. The molecule has 0 amide bonds. The van der Waals surface area contributed by atoms with E-state index in [0.717, 1.165) is 26.2 Å². The molecule has 0 aromatic carbocycles. The number of aliphatic hydroxyl groups excluding tert-OH is 1. The van der Waals surface area contributed by atoms with E-state index in [9.17, 15) is 5.11 Å². The van der Waals surface area contributed by atoms with Gasteiger partial charge in [0.15, 0.2) is 0 Å². The lowest BCUT2D eigenvalue weighted by Gasteiger charge is -2.29. The average Bonchev–Trinajstić information content (AvgIpc) is 2.92. The summed E-state index contributed by atoms with van der Waals surface area (Å²) in [4.78, 5) is 0. The Morgan fingerprint density at radius 2 is 2.25 bits per heavy atom. The molecule has 1 heterocycles. The summed E-state index contributed by atoms with van der Waals surface area (Å²) in [5.41, 5.74) is -0.277. The van der Waals surface area contributed by atoms with Gasteiger partial charge in [-0.3, -0.25) is 0 Å². The van der Waals surface area contributed by atoms with Crippen molar-refractivity contribution >= 4 is 0 Å². The van der Waals surface area contributed by atoms with Gasteiger partial charge in [-0.05, 0) is 26.2 Å². The average molecular weight is 229 g/mol. The number of aliphatic hydroxyl groups is 1. The molecule has 2 fully saturated rings. The number of hydrogen-bond acceptors (Lipinski definition) is 4. The van der Waals surface area contributed by atoms with Crippen LogP contribution in [0.15, 0.2) is 0 Å². The topological polar surface area (TPSA) is 50.7 Å². The van der Waals surface area contributed by atoms with Crippen LogP contribution >= 0.6 is 0 Å². The molecule has 1 saturated heterocycles. The number of rotatable bonds is 7. The summed E-state index contributed by atoms with van der Waals surface area (Å²) < 4.78 is 11.0. The van der Waals surface area contributed by atoms with Crippen molar-refractivity contribution in [1.82, 2.24) is 5.32 Å². The molecule has 1 aliphatic carbocycles. The zero-order valence-electron chi connectivity index (χ0n) is 10.1. The van der Waals surface area contributed by atoms with Crippen molar-refractivity contribution in [3.63, 3.8) is 0 Å². The molecule has 2 N–H and O–H groups in total. The largest absolute Gasteiger partial charge is 0.394 e. The predicted molar refractivity (Wildman–Crippen MR) is 61.4 cm³/mol. The number of ether oxygens (including phenoxy) is 2. The third-order valence-corrected chi connectivity index (χ3v) is 3.28. The Morgan fingerprint density at radius 1 is 1.44 bits per heavy atom. The van der Waals surface area contributed by atoms with E-state index in [1.807, 2.05) is 6.92 Å². The van der Waals surface area contributed by atoms with Gasteiger partial charge in [0.1, 0.15) is 0 Å². The summed E-state index contributed by atoms with van der Waals surface area (Å²) in [6.45, 7) is 5.18. The number of nitrogens with one attached hydrogen (secondary N) is 1. The molecule has 4 nitrogen and oxygen atoms in total. The maximum Gasteiger partial charge on any atom is 0.0668 e. The van der Waals surface area contributed by atoms with Crippen LogP contribution in [0.5, 0.6) is 0 Å². The molecule has 2 unspecified atom stereocenters. The highest BCUT2D eigenvalue weighted by molar-refractivity contribution is 4.92. The van der Waals surface area contributed by atoms with Crippen LogP contribution in [-0.4, -0.2) is 49.7 Å². The zero-order chi connectivity index (χ0) is 11.4. The quantitative estimate of drug-likeness (QED) is 0.669. The fourth-order valence-corrected chi connectivity index (χ4v) is 2.02. The minimum atomic E-state index is -0.277. The van der Waals surface area contributed by atoms with Gasteiger partial charge in [0, 0.05) is 18.6 Å². The molecule has 16 heavy (non-hydrogen) atoms. The summed E-state index contributed by atoms with van der Waals surface area (Å²) in [5.74, 6) is 0.545. The lowest BCUT2D eigenvalue weighted by molar-refractivity contribution is 0.0249. The van der Waals surface area contributed by atoms with Crippen LogP contribution in [0.25, 0.3) is 0 Å². The summed E-state index contributed by atoms with van der Waals surface area (Å²) in [5, 5.41) is 12.8. The fraction of sp³-hybridized carbons (Fsp3) is 1.00. The first-order valence-electron chi connectivity index (χ1n) is 6.26. The van der Waals surface area contributed by atoms with E-state index in [2.05, 4.69) is 5.32 Å². The van der Waals surface area contributed by atoms with Crippen LogP contribution < -0.4 is 5.32 Å². The molecule has 4 heteroatoms. The Hall–Kier alpha value is -0.160. The molecule has 2 aliphatic rings. The second kappa shape index (κ2) is 5.45. The van der Waals surface area contributed by atoms with Crippen LogP contribution in [0.1, 0.15) is 26.2 Å². The summed E-state index contributed by atoms with van der Waals surface area (Å²) >= 11 is 0. The first-order valence-corrected chi connectivity index (χ1v) is 6.26. The van der Waals surface area contributed by atoms with E-state index in [4.69, 9.17) is 9.47 Å². The minimum Gasteiger partial charge on any atom is -0.394 e. The van der Waals surface area contributed by atoms with Crippen LogP contribution in [0.3, 0.4) is 0 Å². The van der Waals surface area contributed by atoms with Crippen molar-refractivity contribution in [2.24, 2.45) is 5.92 Å². The van der Waals surface area contributed by atoms with Gasteiger partial charge in [-0.1, -0.05) is 0 Å². The molecule has 0 radical (unpaired) electrons. The summed E-state index contributed by atoms with van der Waals surface area (Å²) in [7, 11) is 0. The van der Waals surface area contributed by atoms with E-state index in [-0.39, 0.29) is 12.1 Å². The molecular formula is C12H23NO3. The molecule has 1 aliphatic heterocycles. The van der Waals surface area contributed by atoms with E-state index in [0.29, 0.717) is 18.6 Å².